The number of anilines is 2. The molecule has 0 bridgehead atoms. The topological polar surface area (TPSA) is 49.8 Å². The summed E-state index contributed by atoms with van der Waals surface area (Å²) in [5.41, 5.74) is 0. The lowest BCUT2D eigenvalue weighted by atomic mass is 10.1. The third kappa shape index (κ3) is 3.83. The van der Waals surface area contributed by atoms with Crippen molar-refractivity contribution < 1.29 is 0 Å². The first-order chi connectivity index (χ1) is 8.70. The summed E-state index contributed by atoms with van der Waals surface area (Å²) >= 11 is 3.49. The van der Waals surface area contributed by atoms with E-state index in [4.69, 9.17) is 0 Å². The van der Waals surface area contributed by atoms with E-state index in [0.29, 0.717) is 5.95 Å². The van der Waals surface area contributed by atoms with Gasteiger partial charge >= 0.3 is 0 Å². The molecule has 1 aliphatic carbocycles. The number of nitrogens with one attached hydrogen (secondary N) is 2. The van der Waals surface area contributed by atoms with E-state index in [1.54, 1.807) is 6.20 Å². The van der Waals surface area contributed by atoms with Gasteiger partial charge < -0.3 is 10.6 Å². The highest BCUT2D eigenvalue weighted by Crippen LogP contribution is 2.36. The lowest BCUT2D eigenvalue weighted by Gasteiger charge is -2.13. The lowest BCUT2D eigenvalue weighted by molar-refractivity contribution is 0.536. The van der Waals surface area contributed by atoms with Crippen molar-refractivity contribution in [3.8, 4) is 0 Å². The zero-order valence-corrected chi connectivity index (χ0v) is 12.6. The van der Waals surface area contributed by atoms with E-state index in [0.717, 1.165) is 41.6 Å². The average Bonchev–Trinajstić information content (AvgIpc) is 3.20. The Balaban J connectivity index is 1.92. The Morgan fingerprint density at radius 3 is 2.89 bits per heavy atom. The van der Waals surface area contributed by atoms with Gasteiger partial charge in [0.05, 0.1) is 4.47 Å². The average molecular weight is 313 g/mol. The normalized spacial score (nSPS) is 16.4. The summed E-state index contributed by atoms with van der Waals surface area (Å²) in [5, 5.41) is 6.61. The second kappa shape index (κ2) is 6.36. The molecule has 1 atom stereocenters. The summed E-state index contributed by atoms with van der Waals surface area (Å²) < 4.78 is 0.924. The van der Waals surface area contributed by atoms with Crippen LogP contribution in [-0.4, -0.2) is 23.1 Å². The van der Waals surface area contributed by atoms with E-state index in [-0.39, 0.29) is 0 Å². The SMILES string of the molecule is CCCNc1ncc(Br)c(NCC(C)C2CC2)n1. The van der Waals surface area contributed by atoms with Gasteiger partial charge in [-0.1, -0.05) is 13.8 Å². The minimum absolute atomic E-state index is 0.696. The maximum Gasteiger partial charge on any atom is 0.224 e. The van der Waals surface area contributed by atoms with Crippen LogP contribution in [0.15, 0.2) is 10.7 Å². The van der Waals surface area contributed by atoms with Crippen molar-refractivity contribution >= 4 is 27.7 Å². The number of aromatic nitrogens is 2. The van der Waals surface area contributed by atoms with Crippen LogP contribution in [0, 0.1) is 11.8 Å². The molecule has 0 aromatic carbocycles. The second-order valence-corrected chi connectivity index (χ2v) is 5.87. The molecule has 100 valence electrons. The van der Waals surface area contributed by atoms with Crippen molar-refractivity contribution in [1.82, 2.24) is 9.97 Å². The predicted molar refractivity (Wildman–Crippen MR) is 78.9 cm³/mol. The molecule has 1 aromatic rings. The van der Waals surface area contributed by atoms with Crippen molar-refractivity contribution in [1.29, 1.82) is 0 Å². The van der Waals surface area contributed by atoms with Crippen molar-refractivity contribution in [2.24, 2.45) is 11.8 Å². The Hall–Kier alpha value is -0.840. The fourth-order valence-corrected chi connectivity index (χ4v) is 2.23. The molecule has 1 unspecified atom stereocenters. The van der Waals surface area contributed by atoms with Crippen molar-refractivity contribution in [2.45, 2.75) is 33.1 Å². The highest BCUT2D eigenvalue weighted by molar-refractivity contribution is 9.10. The highest BCUT2D eigenvalue weighted by Gasteiger charge is 2.27. The highest BCUT2D eigenvalue weighted by atomic mass is 79.9. The molecule has 1 aliphatic rings. The molecule has 18 heavy (non-hydrogen) atoms. The van der Waals surface area contributed by atoms with E-state index in [1.165, 1.54) is 12.8 Å². The van der Waals surface area contributed by atoms with E-state index in [1.807, 2.05) is 0 Å². The molecule has 0 amide bonds. The fraction of sp³-hybridized carbons (Fsp3) is 0.692. The van der Waals surface area contributed by atoms with Crippen LogP contribution in [0.2, 0.25) is 0 Å². The fourth-order valence-electron chi connectivity index (χ4n) is 1.90. The Morgan fingerprint density at radius 1 is 1.44 bits per heavy atom. The molecule has 0 radical (unpaired) electrons. The first-order valence-electron chi connectivity index (χ1n) is 6.71. The summed E-state index contributed by atoms with van der Waals surface area (Å²) in [6.45, 7) is 6.31. The van der Waals surface area contributed by atoms with Gasteiger partial charge in [-0.15, -0.1) is 0 Å². The first-order valence-corrected chi connectivity index (χ1v) is 7.50. The molecule has 2 rings (SSSR count). The molecule has 1 aromatic heterocycles. The van der Waals surface area contributed by atoms with Crippen LogP contribution in [0.3, 0.4) is 0 Å². The molecule has 1 heterocycles. The Bertz CT molecular complexity index is 393. The predicted octanol–water partition coefficient (Wildman–Crippen LogP) is 3.52. The number of halogens is 1. The molecule has 2 N–H and O–H groups in total. The van der Waals surface area contributed by atoms with Crippen LogP contribution < -0.4 is 10.6 Å². The molecule has 5 heteroatoms. The minimum Gasteiger partial charge on any atom is -0.369 e. The van der Waals surface area contributed by atoms with Crippen LogP contribution in [0.1, 0.15) is 33.1 Å². The third-order valence-corrected chi connectivity index (χ3v) is 3.88. The molecule has 0 spiro atoms. The Labute approximate surface area is 117 Å². The van der Waals surface area contributed by atoms with Crippen LogP contribution in [-0.2, 0) is 0 Å². The van der Waals surface area contributed by atoms with Crippen LogP contribution in [0.25, 0.3) is 0 Å². The lowest BCUT2D eigenvalue weighted by Crippen LogP contribution is -2.15. The number of hydrogen-bond acceptors (Lipinski definition) is 4. The van der Waals surface area contributed by atoms with E-state index >= 15 is 0 Å². The Morgan fingerprint density at radius 2 is 2.22 bits per heavy atom. The maximum absolute atomic E-state index is 4.48. The van der Waals surface area contributed by atoms with Gasteiger partial charge in [0.2, 0.25) is 5.95 Å². The van der Waals surface area contributed by atoms with Crippen molar-refractivity contribution in [2.75, 3.05) is 23.7 Å². The summed E-state index contributed by atoms with van der Waals surface area (Å²) in [4.78, 5) is 8.72. The summed E-state index contributed by atoms with van der Waals surface area (Å²) in [6.07, 6.45) is 5.64. The molecule has 1 fully saturated rings. The first kappa shape index (κ1) is 13.6. The summed E-state index contributed by atoms with van der Waals surface area (Å²) in [7, 11) is 0. The van der Waals surface area contributed by atoms with Gasteiger partial charge in [-0.05, 0) is 47.0 Å². The molecule has 1 saturated carbocycles. The van der Waals surface area contributed by atoms with Crippen molar-refractivity contribution in [3.05, 3.63) is 10.7 Å². The monoisotopic (exact) mass is 312 g/mol. The van der Waals surface area contributed by atoms with Gasteiger partial charge in [-0.3, -0.25) is 0 Å². The maximum atomic E-state index is 4.48. The summed E-state index contributed by atoms with van der Waals surface area (Å²) in [5.74, 6) is 3.22. The van der Waals surface area contributed by atoms with Gasteiger partial charge in [0.1, 0.15) is 5.82 Å². The third-order valence-electron chi connectivity index (χ3n) is 3.30. The molecular formula is C13H21BrN4. The molecular weight excluding hydrogens is 292 g/mol. The minimum atomic E-state index is 0.696. The van der Waals surface area contributed by atoms with Gasteiger partial charge in [0.15, 0.2) is 0 Å². The van der Waals surface area contributed by atoms with Gasteiger partial charge in [-0.2, -0.15) is 4.98 Å². The van der Waals surface area contributed by atoms with E-state index in [9.17, 15) is 0 Å². The van der Waals surface area contributed by atoms with E-state index < -0.39 is 0 Å². The van der Waals surface area contributed by atoms with E-state index in [2.05, 4.69) is 50.4 Å². The molecule has 0 aliphatic heterocycles. The molecule has 4 nitrogen and oxygen atoms in total. The number of hydrogen-bond donors (Lipinski definition) is 2. The largest absolute Gasteiger partial charge is 0.369 e. The van der Waals surface area contributed by atoms with Crippen LogP contribution >= 0.6 is 15.9 Å². The van der Waals surface area contributed by atoms with Gasteiger partial charge in [-0.25, -0.2) is 4.98 Å². The summed E-state index contributed by atoms with van der Waals surface area (Å²) in [6, 6.07) is 0. The van der Waals surface area contributed by atoms with Gasteiger partial charge in [0, 0.05) is 19.3 Å². The molecule has 0 saturated heterocycles. The van der Waals surface area contributed by atoms with Crippen LogP contribution in [0.5, 0.6) is 0 Å². The smallest absolute Gasteiger partial charge is 0.224 e. The second-order valence-electron chi connectivity index (χ2n) is 5.01. The zero-order valence-electron chi connectivity index (χ0n) is 11.0. The van der Waals surface area contributed by atoms with Crippen LogP contribution in [0.4, 0.5) is 11.8 Å². The number of rotatable bonds is 7. The van der Waals surface area contributed by atoms with Crippen molar-refractivity contribution in [3.63, 3.8) is 0 Å². The zero-order chi connectivity index (χ0) is 13.0. The quantitative estimate of drug-likeness (QED) is 0.809. The Kier molecular flexibility index (Phi) is 4.80. The van der Waals surface area contributed by atoms with Gasteiger partial charge in [0.25, 0.3) is 0 Å². The standard InChI is InChI=1S/C13H21BrN4/c1-3-6-15-13-17-8-11(14)12(18-13)16-7-9(2)10-4-5-10/h8-10H,3-7H2,1-2H3,(H2,15,16,17,18). The number of nitrogens with zero attached hydrogens (tertiary/aromatic N) is 2.